The van der Waals surface area contributed by atoms with E-state index in [9.17, 15) is 13.2 Å². The number of benzene rings is 1. The molecule has 5 nitrogen and oxygen atoms in total. The average molecular weight is 381 g/mol. The molecule has 0 aliphatic rings. The molecule has 0 aliphatic carbocycles. The number of sulfonamides is 1. The van der Waals surface area contributed by atoms with Crippen molar-refractivity contribution in [1.82, 2.24) is 0 Å². The molecule has 1 aromatic heterocycles. The standard InChI is InChI=1S/C14H15ClN2O3S2.Na/c1-3-12-9(2)8-13(21-12)22(19,20)17-14(18)16-11-6-4-10(15)5-7-11;/h4-8H,3H2,1-2H3,(H2,16,17,18);/q;+1/p-1. The fourth-order valence-electron chi connectivity index (χ4n) is 1.80. The summed E-state index contributed by atoms with van der Waals surface area (Å²) in [6.45, 7) is 3.78. The van der Waals surface area contributed by atoms with Crippen molar-refractivity contribution >= 4 is 44.7 Å². The second-order valence-electron chi connectivity index (χ2n) is 4.53. The first kappa shape index (κ1) is 20.5. The third-order valence-corrected chi connectivity index (χ3v) is 6.21. The first-order valence-electron chi connectivity index (χ1n) is 6.45. The summed E-state index contributed by atoms with van der Waals surface area (Å²) >= 11 is 6.87. The molecule has 0 saturated carbocycles. The molecule has 0 spiro atoms. The van der Waals surface area contributed by atoms with Crippen LogP contribution in [0.5, 0.6) is 0 Å². The minimum absolute atomic E-state index is 0. The van der Waals surface area contributed by atoms with Crippen LogP contribution in [-0.2, 0) is 16.4 Å². The molecule has 0 bridgehead atoms. The first-order valence-corrected chi connectivity index (χ1v) is 9.09. The fourth-order valence-corrected chi connectivity index (χ4v) is 4.28. The van der Waals surface area contributed by atoms with Gasteiger partial charge in [0.2, 0.25) is 10.0 Å². The molecule has 0 atom stereocenters. The monoisotopic (exact) mass is 380 g/mol. The topological polar surface area (TPSA) is 77.3 Å². The van der Waals surface area contributed by atoms with E-state index in [0.29, 0.717) is 10.7 Å². The van der Waals surface area contributed by atoms with Gasteiger partial charge in [0.25, 0.3) is 0 Å². The van der Waals surface area contributed by atoms with Crippen molar-refractivity contribution in [2.75, 3.05) is 5.32 Å². The van der Waals surface area contributed by atoms with Crippen LogP contribution in [0.3, 0.4) is 0 Å². The Labute approximate surface area is 166 Å². The second kappa shape index (κ2) is 8.50. The van der Waals surface area contributed by atoms with Gasteiger partial charge in [0, 0.05) is 9.90 Å². The van der Waals surface area contributed by atoms with E-state index >= 15 is 0 Å². The van der Waals surface area contributed by atoms with Crippen molar-refractivity contribution in [2.45, 2.75) is 24.5 Å². The summed E-state index contributed by atoms with van der Waals surface area (Å²) in [6, 6.07) is 6.90. The Morgan fingerprint density at radius 3 is 2.43 bits per heavy atom. The maximum atomic E-state index is 12.1. The number of anilines is 1. The predicted molar refractivity (Wildman–Crippen MR) is 89.4 cm³/mol. The van der Waals surface area contributed by atoms with Gasteiger partial charge in [-0.15, -0.1) is 11.3 Å². The van der Waals surface area contributed by atoms with Crippen molar-refractivity contribution in [2.24, 2.45) is 0 Å². The van der Waals surface area contributed by atoms with Gasteiger partial charge in [0.15, 0.2) is 6.03 Å². The molecule has 0 fully saturated rings. The first-order chi connectivity index (χ1) is 10.3. The zero-order valence-electron chi connectivity index (χ0n) is 13.0. The van der Waals surface area contributed by atoms with Gasteiger partial charge in [0.05, 0.1) is 0 Å². The van der Waals surface area contributed by atoms with Gasteiger partial charge >= 0.3 is 29.6 Å². The molecular formula is C14H14ClN2NaO3S2. The molecule has 9 heteroatoms. The number of aryl methyl sites for hydroxylation is 2. The normalized spacial score (nSPS) is 10.7. The second-order valence-corrected chi connectivity index (χ2v) is 7.93. The zero-order chi connectivity index (χ0) is 16.3. The molecule has 2 amide bonds. The number of carbonyl (C=O) groups excluding carboxylic acids is 1. The van der Waals surface area contributed by atoms with E-state index in [0.717, 1.165) is 28.2 Å². The van der Waals surface area contributed by atoms with Crippen LogP contribution in [0.15, 0.2) is 34.5 Å². The molecule has 23 heavy (non-hydrogen) atoms. The molecule has 118 valence electrons. The number of thiophene rings is 1. The predicted octanol–water partition coefficient (Wildman–Crippen LogP) is 1.57. The Hall–Kier alpha value is -0.570. The molecule has 1 aromatic carbocycles. The summed E-state index contributed by atoms with van der Waals surface area (Å²) in [5.74, 6) is 0. The summed E-state index contributed by atoms with van der Waals surface area (Å²) in [4.78, 5) is 12.7. The summed E-state index contributed by atoms with van der Waals surface area (Å²) in [6.07, 6.45) is 0.739. The quantitative estimate of drug-likeness (QED) is 0.818. The van der Waals surface area contributed by atoms with Gasteiger partial charge in [0.1, 0.15) is 4.21 Å². The van der Waals surface area contributed by atoms with Crippen LogP contribution >= 0.6 is 22.9 Å². The summed E-state index contributed by atoms with van der Waals surface area (Å²) < 4.78 is 27.6. The molecule has 0 radical (unpaired) electrons. The number of nitrogens with zero attached hydrogens (tertiary/aromatic N) is 1. The molecule has 2 rings (SSSR count). The number of amides is 2. The maximum absolute atomic E-state index is 12.1. The van der Waals surface area contributed by atoms with Crippen LogP contribution in [0.25, 0.3) is 4.72 Å². The molecule has 0 aliphatic heterocycles. The molecular weight excluding hydrogens is 367 g/mol. The fraction of sp³-hybridized carbons (Fsp3) is 0.214. The third-order valence-electron chi connectivity index (χ3n) is 2.87. The van der Waals surface area contributed by atoms with E-state index in [1.165, 1.54) is 6.07 Å². The van der Waals surface area contributed by atoms with E-state index in [2.05, 4.69) is 10.0 Å². The van der Waals surface area contributed by atoms with Gasteiger partial charge in [-0.3, -0.25) is 4.79 Å². The Morgan fingerprint density at radius 2 is 1.91 bits per heavy atom. The average Bonchev–Trinajstić information content (AvgIpc) is 2.83. The van der Waals surface area contributed by atoms with Crippen molar-refractivity contribution in [3.63, 3.8) is 0 Å². The summed E-state index contributed by atoms with van der Waals surface area (Å²) in [5.41, 5.74) is 1.31. The molecule has 0 unspecified atom stereocenters. The minimum Gasteiger partial charge on any atom is -0.424 e. The van der Waals surface area contributed by atoms with Crippen LogP contribution < -0.4 is 34.9 Å². The van der Waals surface area contributed by atoms with Crippen LogP contribution in [-0.4, -0.2) is 14.4 Å². The maximum Gasteiger partial charge on any atom is 1.00 e. The largest absolute Gasteiger partial charge is 1.00 e. The van der Waals surface area contributed by atoms with Gasteiger partial charge < -0.3 is 10.0 Å². The van der Waals surface area contributed by atoms with E-state index in [-0.39, 0.29) is 33.8 Å². The smallest absolute Gasteiger partial charge is 0.424 e. The SMILES string of the molecule is CCc1sc(S(=O)(=O)[N-]C(=O)Nc2ccc(Cl)cc2)cc1C.[Na+]. The molecule has 1 heterocycles. The number of carbonyl (C=O) groups is 1. The number of hydrogen-bond donors (Lipinski definition) is 1. The summed E-state index contributed by atoms with van der Waals surface area (Å²) in [5, 5.41) is 2.91. The Balaban J connectivity index is 0.00000264. The number of nitrogens with one attached hydrogen (secondary N) is 1. The molecule has 1 N–H and O–H groups in total. The van der Waals surface area contributed by atoms with Gasteiger partial charge in [-0.2, -0.15) is 0 Å². The Kier molecular flexibility index (Phi) is 7.57. The van der Waals surface area contributed by atoms with Crippen LogP contribution in [0.4, 0.5) is 10.5 Å². The van der Waals surface area contributed by atoms with Gasteiger partial charge in [-0.1, -0.05) is 30.7 Å². The molecule has 2 aromatic rings. The number of rotatable bonds is 4. The van der Waals surface area contributed by atoms with E-state index < -0.39 is 16.1 Å². The third kappa shape index (κ3) is 5.48. The van der Waals surface area contributed by atoms with Crippen molar-refractivity contribution in [3.8, 4) is 0 Å². The number of hydrogen-bond acceptors (Lipinski definition) is 4. The minimum atomic E-state index is -3.99. The Bertz CT molecular complexity index is 789. The van der Waals surface area contributed by atoms with Crippen LogP contribution in [0.2, 0.25) is 5.02 Å². The summed E-state index contributed by atoms with van der Waals surface area (Å²) in [7, 11) is -3.99. The molecule has 0 saturated heterocycles. The van der Waals surface area contributed by atoms with Gasteiger partial charge in [-0.25, -0.2) is 8.42 Å². The van der Waals surface area contributed by atoms with Crippen molar-refractivity contribution in [1.29, 1.82) is 0 Å². The van der Waals surface area contributed by atoms with E-state index in [4.69, 9.17) is 11.6 Å². The number of urea groups is 1. The van der Waals surface area contributed by atoms with E-state index in [1.54, 1.807) is 24.3 Å². The van der Waals surface area contributed by atoms with Crippen molar-refractivity contribution in [3.05, 3.63) is 50.5 Å². The van der Waals surface area contributed by atoms with E-state index in [1.807, 2.05) is 13.8 Å². The van der Waals surface area contributed by atoms with Gasteiger partial charge in [-0.05, 0) is 42.8 Å². The van der Waals surface area contributed by atoms with Crippen LogP contribution in [0.1, 0.15) is 17.4 Å². The number of halogens is 1. The zero-order valence-corrected chi connectivity index (χ0v) is 17.3. The van der Waals surface area contributed by atoms with Crippen LogP contribution in [0, 0.1) is 6.92 Å². The Morgan fingerprint density at radius 1 is 1.30 bits per heavy atom. The van der Waals surface area contributed by atoms with Crippen molar-refractivity contribution < 1.29 is 42.8 Å².